The van der Waals surface area contributed by atoms with Crippen LogP contribution < -0.4 is 10.5 Å². The molecule has 0 aliphatic heterocycles. The number of rotatable bonds is 7. The second-order valence-electron chi connectivity index (χ2n) is 4.29. The van der Waals surface area contributed by atoms with Gasteiger partial charge in [-0.15, -0.1) is 0 Å². The van der Waals surface area contributed by atoms with Crippen LogP contribution in [0.1, 0.15) is 11.1 Å². The van der Waals surface area contributed by atoms with Crippen molar-refractivity contribution in [2.45, 2.75) is 25.2 Å². The Hall–Kier alpha value is -1.25. The Morgan fingerprint density at radius 2 is 2.00 bits per heavy atom. The van der Waals surface area contributed by atoms with Gasteiger partial charge in [0.25, 0.3) is 6.43 Å². The number of halogens is 2. The number of aryl methyl sites for hydroxylation is 1. The average molecular weight is 308 g/mol. The molecule has 5 nitrogen and oxygen atoms in total. The van der Waals surface area contributed by atoms with Crippen molar-refractivity contribution in [3.63, 3.8) is 0 Å². The number of hydrogen-bond acceptors (Lipinski definition) is 4. The summed E-state index contributed by atoms with van der Waals surface area (Å²) in [5.41, 5.74) is 7.11. The van der Waals surface area contributed by atoms with Crippen molar-refractivity contribution in [1.82, 2.24) is 4.72 Å². The highest BCUT2D eigenvalue weighted by atomic mass is 32.2. The normalized spacial score (nSPS) is 12.1. The highest BCUT2D eigenvalue weighted by Gasteiger charge is 2.20. The molecule has 0 spiro atoms. The van der Waals surface area contributed by atoms with Crippen LogP contribution in [0.3, 0.4) is 0 Å². The fourth-order valence-electron chi connectivity index (χ4n) is 1.75. The van der Waals surface area contributed by atoms with Gasteiger partial charge in [-0.1, -0.05) is 6.07 Å². The molecule has 0 aromatic heterocycles. The van der Waals surface area contributed by atoms with Crippen LogP contribution in [0.4, 0.5) is 14.5 Å². The van der Waals surface area contributed by atoms with Crippen molar-refractivity contribution >= 4 is 15.7 Å². The fraction of sp³-hybridized carbons (Fsp3) is 0.500. The number of ether oxygens (including phenoxy) is 1. The van der Waals surface area contributed by atoms with Gasteiger partial charge in [0.15, 0.2) is 0 Å². The topological polar surface area (TPSA) is 81.4 Å². The predicted octanol–water partition coefficient (Wildman–Crippen LogP) is 1.45. The molecule has 20 heavy (non-hydrogen) atoms. The first-order chi connectivity index (χ1) is 9.25. The number of benzene rings is 1. The van der Waals surface area contributed by atoms with Crippen molar-refractivity contribution in [2.75, 3.05) is 25.5 Å². The smallest absolute Gasteiger partial charge is 0.261 e. The van der Waals surface area contributed by atoms with E-state index < -0.39 is 23.1 Å². The molecule has 0 aliphatic rings. The van der Waals surface area contributed by atoms with Crippen molar-refractivity contribution in [3.05, 3.63) is 23.3 Å². The Balaban J connectivity index is 2.73. The molecule has 0 unspecified atom stereocenters. The van der Waals surface area contributed by atoms with Crippen LogP contribution in [0.25, 0.3) is 0 Å². The Morgan fingerprint density at radius 3 is 2.60 bits per heavy atom. The maximum Gasteiger partial charge on any atom is 0.261 e. The lowest BCUT2D eigenvalue weighted by Crippen LogP contribution is -2.29. The lowest BCUT2D eigenvalue weighted by molar-refractivity contribution is 0.0199. The molecule has 0 atom stereocenters. The first-order valence-electron chi connectivity index (χ1n) is 5.97. The predicted molar refractivity (Wildman–Crippen MR) is 72.3 cm³/mol. The van der Waals surface area contributed by atoms with E-state index in [0.29, 0.717) is 16.8 Å². The number of alkyl halides is 2. The van der Waals surface area contributed by atoms with Crippen molar-refractivity contribution in [2.24, 2.45) is 0 Å². The van der Waals surface area contributed by atoms with Gasteiger partial charge < -0.3 is 10.5 Å². The minimum atomic E-state index is -3.74. The van der Waals surface area contributed by atoms with E-state index in [9.17, 15) is 17.2 Å². The second-order valence-corrected chi connectivity index (χ2v) is 5.99. The molecule has 0 saturated carbocycles. The van der Waals surface area contributed by atoms with Crippen molar-refractivity contribution in [3.8, 4) is 0 Å². The van der Waals surface area contributed by atoms with Crippen LogP contribution in [-0.4, -0.2) is 34.6 Å². The Kier molecular flexibility index (Phi) is 5.85. The molecular formula is C12H18F2N2O3S. The maximum absolute atomic E-state index is 12.2. The molecule has 0 fully saturated rings. The molecule has 3 N–H and O–H groups in total. The van der Waals surface area contributed by atoms with E-state index in [-0.39, 0.29) is 18.0 Å². The first-order valence-corrected chi connectivity index (χ1v) is 7.45. The van der Waals surface area contributed by atoms with Crippen LogP contribution in [0.15, 0.2) is 17.0 Å². The molecule has 0 aliphatic carbocycles. The largest absolute Gasteiger partial charge is 0.398 e. The summed E-state index contributed by atoms with van der Waals surface area (Å²) in [4.78, 5) is 0.117. The van der Waals surface area contributed by atoms with Gasteiger partial charge in [-0.2, -0.15) is 0 Å². The standard InChI is InChI=1S/C12H18F2N2O3S/c1-8-3-4-10(15)9(2)12(8)20(17,18)16-5-6-19-7-11(13)14/h3-4,11,16H,5-7,15H2,1-2H3. The number of anilines is 1. The minimum absolute atomic E-state index is 0.0806. The SMILES string of the molecule is Cc1ccc(N)c(C)c1S(=O)(=O)NCCOCC(F)F. The zero-order chi connectivity index (χ0) is 15.3. The number of nitrogens with one attached hydrogen (secondary N) is 1. The maximum atomic E-state index is 12.2. The summed E-state index contributed by atoms with van der Waals surface area (Å²) in [7, 11) is -3.74. The molecule has 1 aromatic carbocycles. The quantitative estimate of drug-likeness (QED) is 0.590. The highest BCUT2D eigenvalue weighted by Crippen LogP contribution is 2.24. The summed E-state index contributed by atoms with van der Waals surface area (Å²) in [5.74, 6) is 0. The van der Waals surface area contributed by atoms with Gasteiger partial charge in [-0.3, -0.25) is 0 Å². The van der Waals surface area contributed by atoms with E-state index in [1.165, 1.54) is 0 Å². The van der Waals surface area contributed by atoms with E-state index in [1.807, 2.05) is 0 Å². The van der Waals surface area contributed by atoms with Crippen LogP contribution >= 0.6 is 0 Å². The summed E-state index contributed by atoms with van der Waals surface area (Å²) < 4.78 is 54.9. The van der Waals surface area contributed by atoms with Gasteiger partial charge >= 0.3 is 0 Å². The highest BCUT2D eigenvalue weighted by molar-refractivity contribution is 7.89. The van der Waals surface area contributed by atoms with E-state index in [1.54, 1.807) is 26.0 Å². The van der Waals surface area contributed by atoms with Gasteiger partial charge in [-0.05, 0) is 31.0 Å². The number of sulfonamides is 1. The average Bonchev–Trinajstić information content (AvgIpc) is 2.33. The summed E-state index contributed by atoms with van der Waals surface area (Å²) >= 11 is 0. The molecule has 0 radical (unpaired) electrons. The number of nitrogens with two attached hydrogens (primary N) is 1. The zero-order valence-electron chi connectivity index (χ0n) is 11.3. The van der Waals surface area contributed by atoms with E-state index in [2.05, 4.69) is 9.46 Å². The second kappa shape index (κ2) is 6.96. The Labute approximate surface area is 117 Å². The molecule has 0 bridgehead atoms. The molecule has 8 heteroatoms. The molecule has 1 rings (SSSR count). The van der Waals surface area contributed by atoms with Gasteiger partial charge in [0.1, 0.15) is 6.61 Å². The van der Waals surface area contributed by atoms with E-state index >= 15 is 0 Å². The van der Waals surface area contributed by atoms with E-state index in [0.717, 1.165) is 0 Å². The number of nitrogen functional groups attached to an aromatic ring is 1. The summed E-state index contributed by atoms with van der Waals surface area (Å²) in [6.07, 6.45) is -2.56. The first kappa shape index (κ1) is 16.8. The Bertz CT molecular complexity index is 562. The summed E-state index contributed by atoms with van der Waals surface area (Å²) in [5, 5.41) is 0. The van der Waals surface area contributed by atoms with Gasteiger partial charge in [0, 0.05) is 12.2 Å². The molecule has 114 valence electrons. The van der Waals surface area contributed by atoms with Crippen molar-refractivity contribution in [1.29, 1.82) is 0 Å². The van der Waals surface area contributed by atoms with Crippen LogP contribution in [0.2, 0.25) is 0 Å². The van der Waals surface area contributed by atoms with Gasteiger partial charge in [0.2, 0.25) is 10.0 Å². The Morgan fingerprint density at radius 1 is 1.35 bits per heavy atom. The lowest BCUT2D eigenvalue weighted by Gasteiger charge is -2.13. The van der Waals surface area contributed by atoms with E-state index in [4.69, 9.17) is 5.73 Å². The third-order valence-corrected chi connectivity index (χ3v) is 4.45. The van der Waals surface area contributed by atoms with Crippen LogP contribution in [0.5, 0.6) is 0 Å². The van der Waals surface area contributed by atoms with Gasteiger partial charge in [0.05, 0.1) is 11.5 Å². The molecular weight excluding hydrogens is 290 g/mol. The third kappa shape index (κ3) is 4.39. The monoisotopic (exact) mass is 308 g/mol. The fourth-order valence-corrected chi connectivity index (χ4v) is 3.26. The zero-order valence-corrected chi connectivity index (χ0v) is 12.1. The van der Waals surface area contributed by atoms with Crippen LogP contribution in [0, 0.1) is 13.8 Å². The van der Waals surface area contributed by atoms with Crippen molar-refractivity contribution < 1.29 is 21.9 Å². The number of hydrogen-bond donors (Lipinski definition) is 2. The third-order valence-electron chi connectivity index (χ3n) is 2.70. The lowest BCUT2D eigenvalue weighted by atomic mass is 10.1. The van der Waals surface area contributed by atoms with Crippen LogP contribution in [-0.2, 0) is 14.8 Å². The molecule has 0 heterocycles. The molecule has 0 amide bonds. The van der Waals surface area contributed by atoms with Gasteiger partial charge in [-0.25, -0.2) is 21.9 Å². The summed E-state index contributed by atoms with van der Waals surface area (Å²) in [6.45, 7) is 2.36. The summed E-state index contributed by atoms with van der Waals surface area (Å²) in [6, 6.07) is 3.25. The minimum Gasteiger partial charge on any atom is -0.398 e. The molecule has 0 saturated heterocycles. The molecule has 1 aromatic rings.